The van der Waals surface area contributed by atoms with E-state index in [0.717, 1.165) is 19.4 Å². The lowest BCUT2D eigenvalue weighted by Gasteiger charge is -2.35. The van der Waals surface area contributed by atoms with Crippen LogP contribution >= 0.6 is 11.6 Å². The first-order valence-corrected chi connectivity index (χ1v) is 4.85. The molecule has 1 aliphatic carbocycles. The third-order valence-electron chi connectivity index (χ3n) is 2.40. The molecule has 72 valence electrons. The second-order valence-electron chi connectivity index (χ2n) is 3.21. The first-order chi connectivity index (χ1) is 6.31. The van der Waals surface area contributed by atoms with Gasteiger partial charge in [-0.2, -0.15) is 0 Å². The lowest BCUT2D eigenvalue weighted by molar-refractivity contribution is -0.0197. The fraction of sp³-hybridized carbons (Fsp3) is 0.750. The van der Waals surface area contributed by atoms with Gasteiger partial charge in [0.05, 0.1) is 6.10 Å². The van der Waals surface area contributed by atoms with Crippen molar-refractivity contribution in [2.24, 2.45) is 0 Å². The van der Waals surface area contributed by atoms with Gasteiger partial charge in [0.25, 0.3) is 0 Å². The number of rotatable bonds is 3. The number of hydrogen-bond acceptors (Lipinski definition) is 3. The molecule has 0 saturated heterocycles. The average Bonchev–Trinajstić information content (AvgIpc) is 2.43. The van der Waals surface area contributed by atoms with Crippen molar-refractivity contribution in [2.75, 3.05) is 6.61 Å². The molecule has 0 aromatic carbocycles. The smallest absolute Gasteiger partial charge is 0.225 e. The van der Waals surface area contributed by atoms with Gasteiger partial charge in [0, 0.05) is 12.6 Å². The number of aromatic nitrogens is 3. The highest BCUT2D eigenvalue weighted by Gasteiger charge is 2.31. The SMILES string of the molecule is CCOC1CC(n2cnnc2Cl)C1. The number of hydrogen-bond donors (Lipinski definition) is 0. The van der Waals surface area contributed by atoms with Crippen molar-refractivity contribution in [3.05, 3.63) is 11.6 Å². The quantitative estimate of drug-likeness (QED) is 0.747. The van der Waals surface area contributed by atoms with Crippen LogP contribution in [0.3, 0.4) is 0 Å². The Balaban J connectivity index is 1.90. The molecule has 1 fully saturated rings. The molecule has 2 rings (SSSR count). The molecule has 1 heterocycles. The molecular weight excluding hydrogens is 190 g/mol. The largest absolute Gasteiger partial charge is 0.378 e. The first-order valence-electron chi connectivity index (χ1n) is 4.48. The highest BCUT2D eigenvalue weighted by atomic mass is 35.5. The zero-order chi connectivity index (χ0) is 9.26. The molecule has 4 nitrogen and oxygen atoms in total. The summed E-state index contributed by atoms with van der Waals surface area (Å²) in [6, 6.07) is 0.430. The maximum Gasteiger partial charge on any atom is 0.225 e. The fourth-order valence-corrected chi connectivity index (χ4v) is 1.84. The molecule has 0 unspecified atom stereocenters. The summed E-state index contributed by atoms with van der Waals surface area (Å²) >= 11 is 5.82. The molecule has 0 atom stereocenters. The van der Waals surface area contributed by atoms with Crippen molar-refractivity contribution in [3.63, 3.8) is 0 Å². The summed E-state index contributed by atoms with van der Waals surface area (Å²) in [5.74, 6) is 0. The van der Waals surface area contributed by atoms with E-state index in [1.54, 1.807) is 6.33 Å². The van der Waals surface area contributed by atoms with Gasteiger partial charge in [-0.3, -0.25) is 0 Å². The second kappa shape index (κ2) is 3.64. The van der Waals surface area contributed by atoms with Crippen molar-refractivity contribution in [3.8, 4) is 0 Å². The van der Waals surface area contributed by atoms with Crippen LogP contribution in [0.5, 0.6) is 0 Å². The van der Waals surface area contributed by atoms with Crippen LogP contribution in [0, 0.1) is 0 Å². The van der Waals surface area contributed by atoms with E-state index in [0.29, 0.717) is 17.4 Å². The molecule has 0 N–H and O–H groups in total. The van der Waals surface area contributed by atoms with E-state index in [1.807, 2.05) is 11.5 Å². The molecule has 5 heteroatoms. The van der Waals surface area contributed by atoms with Crippen LogP contribution < -0.4 is 0 Å². The topological polar surface area (TPSA) is 39.9 Å². The zero-order valence-corrected chi connectivity index (χ0v) is 8.24. The van der Waals surface area contributed by atoms with Crippen molar-refractivity contribution in [1.82, 2.24) is 14.8 Å². The molecular formula is C8H12ClN3O. The third kappa shape index (κ3) is 1.69. The Morgan fingerprint density at radius 3 is 3.00 bits per heavy atom. The number of ether oxygens (including phenoxy) is 1. The second-order valence-corrected chi connectivity index (χ2v) is 3.55. The standard InChI is InChI=1S/C8H12ClN3O/c1-2-13-7-3-6(4-7)12-5-10-11-8(12)9/h5-7H,2-4H2,1H3. The van der Waals surface area contributed by atoms with E-state index >= 15 is 0 Å². The van der Waals surface area contributed by atoms with Crippen LogP contribution in [-0.4, -0.2) is 27.5 Å². The van der Waals surface area contributed by atoms with Gasteiger partial charge in [0.2, 0.25) is 5.28 Å². The molecule has 1 aromatic rings. The minimum absolute atomic E-state index is 0.397. The summed E-state index contributed by atoms with van der Waals surface area (Å²) in [5, 5.41) is 7.94. The van der Waals surface area contributed by atoms with Gasteiger partial charge in [-0.15, -0.1) is 10.2 Å². The Hall–Kier alpha value is -0.610. The molecule has 0 bridgehead atoms. The monoisotopic (exact) mass is 201 g/mol. The maximum atomic E-state index is 5.82. The molecule has 0 aliphatic heterocycles. The summed E-state index contributed by atoms with van der Waals surface area (Å²) in [6.07, 6.45) is 4.11. The van der Waals surface area contributed by atoms with Gasteiger partial charge in [0.1, 0.15) is 6.33 Å². The first kappa shape index (κ1) is 8.97. The summed E-state index contributed by atoms with van der Waals surface area (Å²) in [5.41, 5.74) is 0. The van der Waals surface area contributed by atoms with Gasteiger partial charge < -0.3 is 9.30 Å². The van der Waals surface area contributed by atoms with Crippen molar-refractivity contribution in [2.45, 2.75) is 31.9 Å². The molecule has 1 saturated carbocycles. The minimum Gasteiger partial charge on any atom is -0.378 e. The summed E-state index contributed by atoms with van der Waals surface area (Å²) in [6.45, 7) is 2.80. The molecule has 1 aromatic heterocycles. The predicted molar refractivity (Wildman–Crippen MR) is 48.7 cm³/mol. The van der Waals surface area contributed by atoms with Crippen LogP contribution in [0.2, 0.25) is 5.28 Å². The summed E-state index contributed by atoms with van der Waals surface area (Å²) in [4.78, 5) is 0. The van der Waals surface area contributed by atoms with Gasteiger partial charge in [-0.1, -0.05) is 0 Å². The highest BCUT2D eigenvalue weighted by Crippen LogP contribution is 2.35. The van der Waals surface area contributed by atoms with Crippen molar-refractivity contribution >= 4 is 11.6 Å². The maximum absolute atomic E-state index is 5.82. The zero-order valence-electron chi connectivity index (χ0n) is 7.48. The van der Waals surface area contributed by atoms with E-state index in [1.165, 1.54) is 0 Å². The van der Waals surface area contributed by atoms with E-state index in [-0.39, 0.29) is 0 Å². The van der Waals surface area contributed by atoms with Crippen molar-refractivity contribution < 1.29 is 4.74 Å². The third-order valence-corrected chi connectivity index (χ3v) is 2.67. The molecule has 0 radical (unpaired) electrons. The van der Waals surface area contributed by atoms with E-state index in [2.05, 4.69) is 10.2 Å². The van der Waals surface area contributed by atoms with Crippen LogP contribution in [0.1, 0.15) is 25.8 Å². The fourth-order valence-electron chi connectivity index (χ4n) is 1.61. The Bertz CT molecular complexity index is 283. The Kier molecular flexibility index (Phi) is 2.51. The highest BCUT2D eigenvalue weighted by molar-refractivity contribution is 6.28. The van der Waals surface area contributed by atoms with E-state index in [9.17, 15) is 0 Å². The van der Waals surface area contributed by atoms with Gasteiger partial charge >= 0.3 is 0 Å². The number of nitrogens with zero attached hydrogens (tertiary/aromatic N) is 3. The Morgan fingerprint density at radius 1 is 1.69 bits per heavy atom. The lowest BCUT2D eigenvalue weighted by Crippen LogP contribution is -2.33. The van der Waals surface area contributed by atoms with Crippen LogP contribution in [0.4, 0.5) is 0 Å². The Labute approximate surface area is 81.9 Å². The van der Waals surface area contributed by atoms with Crippen LogP contribution in [0.15, 0.2) is 6.33 Å². The normalized spacial score (nSPS) is 27.2. The van der Waals surface area contributed by atoms with Gasteiger partial charge in [0.15, 0.2) is 0 Å². The summed E-state index contributed by atoms with van der Waals surface area (Å²) in [7, 11) is 0. The van der Waals surface area contributed by atoms with Crippen molar-refractivity contribution in [1.29, 1.82) is 0 Å². The average molecular weight is 202 g/mol. The van der Waals surface area contributed by atoms with E-state index < -0.39 is 0 Å². The predicted octanol–water partition coefficient (Wildman–Crippen LogP) is 1.67. The Morgan fingerprint density at radius 2 is 2.46 bits per heavy atom. The minimum atomic E-state index is 0.397. The lowest BCUT2D eigenvalue weighted by atomic mass is 9.89. The molecule has 1 aliphatic rings. The van der Waals surface area contributed by atoms with Crippen LogP contribution in [-0.2, 0) is 4.74 Å². The number of halogens is 1. The van der Waals surface area contributed by atoms with Gasteiger partial charge in [-0.25, -0.2) is 0 Å². The summed E-state index contributed by atoms with van der Waals surface area (Å²) < 4.78 is 7.35. The molecule has 0 amide bonds. The van der Waals surface area contributed by atoms with Gasteiger partial charge in [-0.05, 0) is 31.4 Å². The van der Waals surface area contributed by atoms with Crippen LogP contribution in [0.25, 0.3) is 0 Å². The molecule has 13 heavy (non-hydrogen) atoms. The molecule has 0 spiro atoms. The van der Waals surface area contributed by atoms with E-state index in [4.69, 9.17) is 16.3 Å².